The first-order valence-corrected chi connectivity index (χ1v) is 5.06. The van der Waals surface area contributed by atoms with Crippen LogP contribution in [0, 0.1) is 0 Å². The van der Waals surface area contributed by atoms with Gasteiger partial charge in [0.15, 0.2) is 0 Å². The molecule has 5 nitrogen and oxygen atoms in total. The zero-order valence-corrected chi connectivity index (χ0v) is 8.84. The molecule has 6 heteroatoms. The van der Waals surface area contributed by atoms with E-state index in [4.69, 9.17) is 0 Å². The quantitative estimate of drug-likeness (QED) is 0.772. The molecular weight excluding hydrogens is 236 g/mol. The molecule has 0 aliphatic rings. The zero-order chi connectivity index (χ0) is 9.68. The van der Waals surface area contributed by atoms with E-state index < -0.39 is 0 Å². The van der Waals surface area contributed by atoms with E-state index in [9.17, 15) is 4.79 Å². The van der Waals surface area contributed by atoms with Crippen LogP contribution in [0.4, 0.5) is 0 Å². The maximum Gasteiger partial charge on any atom is 0.221 e. The maximum atomic E-state index is 11.1. The Labute approximate surface area is 84.5 Å². The van der Waals surface area contributed by atoms with E-state index >= 15 is 0 Å². The van der Waals surface area contributed by atoms with Crippen molar-refractivity contribution in [2.45, 2.75) is 19.4 Å². The van der Waals surface area contributed by atoms with Gasteiger partial charge in [-0.05, 0) is 6.92 Å². The molecule has 0 spiro atoms. The Hall–Kier alpha value is -0.910. The summed E-state index contributed by atoms with van der Waals surface area (Å²) in [6, 6.07) is -0.117. The first kappa shape index (κ1) is 10.2. The van der Waals surface area contributed by atoms with Gasteiger partial charge in [0.05, 0.1) is 6.04 Å². The van der Waals surface area contributed by atoms with E-state index in [1.165, 1.54) is 6.33 Å². The minimum atomic E-state index is -0.117. The number of nitrogens with zero attached hydrogens (tertiary/aromatic N) is 2. The molecule has 2 N–H and O–H groups in total. The lowest BCUT2D eigenvalue weighted by Crippen LogP contribution is -2.27. The number of aromatic nitrogens is 3. The Morgan fingerprint density at radius 2 is 2.62 bits per heavy atom. The number of alkyl halides is 1. The van der Waals surface area contributed by atoms with Gasteiger partial charge in [-0.2, -0.15) is 5.10 Å². The molecule has 1 unspecified atom stereocenters. The molecule has 0 aliphatic heterocycles. The molecule has 0 fully saturated rings. The van der Waals surface area contributed by atoms with Crippen LogP contribution in [0.5, 0.6) is 0 Å². The fourth-order valence-electron chi connectivity index (χ4n) is 0.891. The molecule has 0 aliphatic carbocycles. The van der Waals surface area contributed by atoms with E-state index in [1.54, 1.807) is 0 Å². The van der Waals surface area contributed by atoms with Gasteiger partial charge in [0.1, 0.15) is 12.2 Å². The number of aromatic amines is 1. The molecule has 1 heterocycles. The summed E-state index contributed by atoms with van der Waals surface area (Å²) < 4.78 is 0. The molecule has 0 saturated heterocycles. The zero-order valence-electron chi connectivity index (χ0n) is 7.25. The number of amides is 1. The van der Waals surface area contributed by atoms with Crippen LogP contribution >= 0.6 is 15.9 Å². The molecule has 0 radical (unpaired) electrons. The van der Waals surface area contributed by atoms with Gasteiger partial charge in [-0.25, -0.2) is 4.98 Å². The van der Waals surface area contributed by atoms with Crippen LogP contribution in [0.3, 0.4) is 0 Å². The fraction of sp³-hybridized carbons (Fsp3) is 0.571. The predicted molar refractivity (Wildman–Crippen MR) is 51.4 cm³/mol. The summed E-state index contributed by atoms with van der Waals surface area (Å²) in [5, 5.41) is 9.85. The van der Waals surface area contributed by atoms with Crippen LogP contribution < -0.4 is 5.32 Å². The summed E-state index contributed by atoms with van der Waals surface area (Å²) in [7, 11) is 0. The third kappa shape index (κ3) is 3.14. The number of carbonyl (C=O) groups excluding carboxylic acids is 1. The monoisotopic (exact) mass is 246 g/mol. The lowest BCUT2D eigenvalue weighted by atomic mass is 10.3. The summed E-state index contributed by atoms with van der Waals surface area (Å²) in [6.45, 7) is 1.85. The summed E-state index contributed by atoms with van der Waals surface area (Å²) in [4.78, 5) is 15.1. The van der Waals surface area contributed by atoms with Crippen LogP contribution in [0.15, 0.2) is 6.33 Å². The molecule has 0 bridgehead atoms. The minimum absolute atomic E-state index is 0.000718. The molecular formula is C7H11BrN4O. The Morgan fingerprint density at radius 3 is 3.15 bits per heavy atom. The van der Waals surface area contributed by atoms with Crippen LogP contribution in [0.2, 0.25) is 0 Å². The van der Waals surface area contributed by atoms with Crippen molar-refractivity contribution in [3.63, 3.8) is 0 Å². The van der Waals surface area contributed by atoms with E-state index in [0.717, 1.165) is 0 Å². The van der Waals surface area contributed by atoms with Crippen molar-refractivity contribution in [1.29, 1.82) is 0 Å². The van der Waals surface area contributed by atoms with Crippen molar-refractivity contribution >= 4 is 21.8 Å². The van der Waals surface area contributed by atoms with Crippen molar-refractivity contribution in [3.8, 4) is 0 Å². The van der Waals surface area contributed by atoms with Gasteiger partial charge in [-0.3, -0.25) is 9.89 Å². The van der Waals surface area contributed by atoms with E-state index in [-0.39, 0.29) is 11.9 Å². The van der Waals surface area contributed by atoms with Crippen molar-refractivity contribution in [3.05, 3.63) is 12.2 Å². The van der Waals surface area contributed by atoms with Crippen molar-refractivity contribution in [2.75, 3.05) is 5.33 Å². The van der Waals surface area contributed by atoms with Gasteiger partial charge in [-0.15, -0.1) is 0 Å². The summed E-state index contributed by atoms with van der Waals surface area (Å²) in [6.07, 6.45) is 1.89. The van der Waals surface area contributed by atoms with Crippen LogP contribution in [-0.4, -0.2) is 26.4 Å². The SMILES string of the molecule is CC(NC(=O)CCBr)c1ncn[nH]1. The minimum Gasteiger partial charge on any atom is -0.346 e. The highest BCUT2D eigenvalue weighted by atomic mass is 79.9. The largest absolute Gasteiger partial charge is 0.346 e. The van der Waals surface area contributed by atoms with E-state index in [1.807, 2.05) is 6.92 Å². The molecule has 72 valence electrons. The summed E-state index contributed by atoms with van der Waals surface area (Å²) in [5.74, 6) is 0.670. The topological polar surface area (TPSA) is 70.7 Å². The second kappa shape index (κ2) is 4.96. The van der Waals surface area contributed by atoms with Gasteiger partial charge >= 0.3 is 0 Å². The number of halogens is 1. The smallest absolute Gasteiger partial charge is 0.221 e. The number of hydrogen-bond acceptors (Lipinski definition) is 3. The highest BCUT2D eigenvalue weighted by Gasteiger charge is 2.10. The number of hydrogen-bond donors (Lipinski definition) is 2. The van der Waals surface area contributed by atoms with Crippen molar-refractivity contribution in [1.82, 2.24) is 20.5 Å². The second-order valence-electron chi connectivity index (χ2n) is 2.60. The van der Waals surface area contributed by atoms with Gasteiger partial charge in [0, 0.05) is 11.8 Å². The van der Waals surface area contributed by atoms with Crippen LogP contribution in [-0.2, 0) is 4.79 Å². The third-order valence-corrected chi connectivity index (χ3v) is 1.94. The number of nitrogens with one attached hydrogen (secondary N) is 2. The van der Waals surface area contributed by atoms with Crippen molar-refractivity contribution in [2.24, 2.45) is 0 Å². The Balaban J connectivity index is 2.42. The molecule has 1 atom stereocenters. The number of rotatable bonds is 4. The number of H-pyrrole nitrogens is 1. The number of carbonyl (C=O) groups is 1. The summed E-state index contributed by atoms with van der Waals surface area (Å²) >= 11 is 3.19. The van der Waals surface area contributed by atoms with Crippen molar-refractivity contribution < 1.29 is 4.79 Å². The maximum absolute atomic E-state index is 11.1. The normalized spacial score (nSPS) is 12.5. The molecule has 1 rings (SSSR count). The van der Waals surface area contributed by atoms with Crippen LogP contribution in [0.25, 0.3) is 0 Å². The lowest BCUT2D eigenvalue weighted by molar-refractivity contribution is -0.121. The predicted octanol–water partition coefficient (Wildman–Crippen LogP) is 0.767. The van der Waals surface area contributed by atoms with E-state index in [2.05, 4.69) is 36.4 Å². The second-order valence-corrected chi connectivity index (χ2v) is 3.39. The van der Waals surface area contributed by atoms with Gasteiger partial charge < -0.3 is 5.32 Å². The van der Waals surface area contributed by atoms with Gasteiger partial charge in [0.2, 0.25) is 5.91 Å². The third-order valence-electron chi connectivity index (χ3n) is 1.54. The first-order valence-electron chi connectivity index (χ1n) is 3.94. The standard InChI is InChI=1S/C7H11BrN4O/c1-5(7-9-4-10-12-7)11-6(13)2-3-8/h4-5H,2-3H2,1H3,(H,11,13)(H,9,10,12). The lowest BCUT2D eigenvalue weighted by Gasteiger charge is -2.09. The molecule has 1 aromatic rings. The van der Waals surface area contributed by atoms with Gasteiger partial charge in [-0.1, -0.05) is 15.9 Å². The molecule has 1 amide bonds. The van der Waals surface area contributed by atoms with Gasteiger partial charge in [0.25, 0.3) is 0 Å². The molecule has 0 aromatic carbocycles. The Kier molecular flexibility index (Phi) is 3.88. The first-order chi connectivity index (χ1) is 6.24. The molecule has 1 aromatic heterocycles. The Bertz CT molecular complexity index is 261. The van der Waals surface area contributed by atoms with Crippen LogP contribution in [0.1, 0.15) is 25.2 Å². The summed E-state index contributed by atoms with van der Waals surface area (Å²) in [5.41, 5.74) is 0. The molecule has 13 heavy (non-hydrogen) atoms. The average molecular weight is 247 g/mol. The molecule has 0 saturated carbocycles. The fourth-order valence-corrected chi connectivity index (χ4v) is 1.25. The Morgan fingerprint density at radius 1 is 1.85 bits per heavy atom. The highest BCUT2D eigenvalue weighted by molar-refractivity contribution is 9.09. The average Bonchev–Trinajstić information content (AvgIpc) is 2.55. The highest BCUT2D eigenvalue weighted by Crippen LogP contribution is 2.04. The van der Waals surface area contributed by atoms with E-state index in [0.29, 0.717) is 17.6 Å².